The van der Waals surface area contributed by atoms with Crippen LogP contribution >= 0.6 is 11.3 Å². The Bertz CT molecular complexity index is 1230. The Morgan fingerprint density at radius 1 is 0.939 bits per heavy atom. The molecular weight excluding hydrogens is 430 g/mol. The van der Waals surface area contributed by atoms with E-state index in [9.17, 15) is 5.11 Å². The van der Waals surface area contributed by atoms with Gasteiger partial charge in [0.2, 0.25) is 0 Å². The fraction of sp³-hybridized carbons (Fsp3) is 0.286. The van der Waals surface area contributed by atoms with Gasteiger partial charge >= 0.3 is 0 Å². The second kappa shape index (κ2) is 9.86. The number of phenols is 1. The molecule has 0 bridgehead atoms. The molecule has 2 heterocycles. The molecule has 0 saturated carbocycles. The average Bonchev–Trinajstić information content (AvgIpc) is 3.49. The lowest BCUT2D eigenvalue weighted by molar-refractivity contribution is 0.230. The monoisotopic (exact) mass is 459 g/mol. The van der Waals surface area contributed by atoms with Crippen LogP contribution < -0.4 is 9.47 Å². The Hall–Kier alpha value is -3.02. The van der Waals surface area contributed by atoms with Crippen molar-refractivity contribution in [2.24, 2.45) is 0 Å². The van der Waals surface area contributed by atoms with Gasteiger partial charge in [-0.05, 0) is 96.9 Å². The van der Waals surface area contributed by atoms with E-state index in [4.69, 9.17) is 9.47 Å². The molecular formula is C28H29NO3S. The highest BCUT2D eigenvalue weighted by Crippen LogP contribution is 2.41. The second-order valence-corrected chi connectivity index (χ2v) is 9.56. The van der Waals surface area contributed by atoms with E-state index in [0.717, 1.165) is 30.0 Å². The first-order valence-corrected chi connectivity index (χ1v) is 12.3. The van der Waals surface area contributed by atoms with Crippen molar-refractivity contribution in [1.82, 2.24) is 4.90 Å². The van der Waals surface area contributed by atoms with Crippen LogP contribution in [0, 0.1) is 0 Å². The minimum atomic E-state index is 0.284. The maximum Gasteiger partial charge on any atom is 0.161 e. The number of hydrogen-bond donors (Lipinski definition) is 1. The van der Waals surface area contributed by atoms with Gasteiger partial charge < -0.3 is 14.6 Å². The molecule has 4 nitrogen and oxygen atoms in total. The standard InChI is InChI=1S/C28H29NO3S/c1-31-26-19-20(8-13-25(26)32-17-16-29-14-4-5-15-29)18-24-23-6-2-3-7-27(23)33-28(24)21-9-11-22(30)12-10-21/h2-3,6-13,19,30H,4-5,14-18H2,1H3. The molecule has 0 aliphatic carbocycles. The molecule has 1 aliphatic rings. The van der Waals surface area contributed by atoms with Gasteiger partial charge in [0.05, 0.1) is 7.11 Å². The van der Waals surface area contributed by atoms with E-state index in [0.29, 0.717) is 6.61 Å². The molecule has 1 aliphatic heterocycles. The number of rotatable bonds is 8. The van der Waals surface area contributed by atoms with Crippen LogP contribution in [-0.4, -0.2) is 43.4 Å². The van der Waals surface area contributed by atoms with Crippen molar-refractivity contribution in [1.29, 1.82) is 0 Å². The minimum Gasteiger partial charge on any atom is -0.508 e. The van der Waals surface area contributed by atoms with Crippen LogP contribution in [0.4, 0.5) is 0 Å². The normalized spacial score (nSPS) is 14.1. The Labute approximate surface area is 199 Å². The zero-order valence-electron chi connectivity index (χ0n) is 18.9. The molecule has 3 aromatic carbocycles. The molecule has 0 amide bonds. The molecule has 1 fully saturated rings. The third-order valence-electron chi connectivity index (χ3n) is 6.30. The third kappa shape index (κ3) is 4.85. The van der Waals surface area contributed by atoms with Gasteiger partial charge in [-0.3, -0.25) is 4.90 Å². The highest BCUT2D eigenvalue weighted by Gasteiger charge is 2.16. The summed E-state index contributed by atoms with van der Waals surface area (Å²) in [5.41, 5.74) is 3.60. The van der Waals surface area contributed by atoms with Crippen molar-refractivity contribution in [3.05, 3.63) is 77.9 Å². The Balaban J connectivity index is 1.40. The predicted molar refractivity (Wildman–Crippen MR) is 136 cm³/mol. The minimum absolute atomic E-state index is 0.284. The van der Waals surface area contributed by atoms with Gasteiger partial charge in [-0.15, -0.1) is 11.3 Å². The van der Waals surface area contributed by atoms with Crippen molar-refractivity contribution in [3.63, 3.8) is 0 Å². The summed E-state index contributed by atoms with van der Waals surface area (Å²) < 4.78 is 13.0. The first-order chi connectivity index (χ1) is 16.2. The summed E-state index contributed by atoms with van der Waals surface area (Å²) in [5, 5.41) is 11.0. The molecule has 170 valence electrons. The molecule has 0 spiro atoms. The number of likely N-dealkylation sites (tertiary alicyclic amines) is 1. The molecule has 33 heavy (non-hydrogen) atoms. The van der Waals surface area contributed by atoms with Crippen LogP contribution in [-0.2, 0) is 6.42 Å². The van der Waals surface area contributed by atoms with Crippen molar-refractivity contribution >= 4 is 21.4 Å². The van der Waals surface area contributed by atoms with Crippen LogP contribution in [0.2, 0.25) is 0 Å². The largest absolute Gasteiger partial charge is 0.508 e. The number of hydrogen-bond acceptors (Lipinski definition) is 5. The fourth-order valence-electron chi connectivity index (χ4n) is 4.56. The number of fused-ring (bicyclic) bond motifs is 1. The molecule has 1 aromatic heterocycles. The average molecular weight is 460 g/mol. The zero-order chi connectivity index (χ0) is 22.6. The number of phenolic OH excluding ortho intramolecular Hbond substituents is 1. The topological polar surface area (TPSA) is 41.9 Å². The number of ether oxygens (including phenoxy) is 2. The van der Waals surface area contributed by atoms with Gasteiger partial charge in [-0.2, -0.15) is 0 Å². The van der Waals surface area contributed by atoms with Crippen LogP contribution in [0.3, 0.4) is 0 Å². The summed E-state index contributed by atoms with van der Waals surface area (Å²) >= 11 is 1.80. The van der Waals surface area contributed by atoms with Crippen molar-refractivity contribution in [2.45, 2.75) is 19.3 Å². The van der Waals surface area contributed by atoms with E-state index in [-0.39, 0.29) is 5.75 Å². The quantitative estimate of drug-likeness (QED) is 0.333. The van der Waals surface area contributed by atoms with Crippen LogP contribution in [0.5, 0.6) is 17.2 Å². The molecule has 0 radical (unpaired) electrons. The number of thiophene rings is 1. The van der Waals surface area contributed by atoms with E-state index < -0.39 is 0 Å². The summed E-state index contributed by atoms with van der Waals surface area (Å²) in [6.07, 6.45) is 3.38. The lowest BCUT2D eigenvalue weighted by Gasteiger charge is -2.16. The predicted octanol–water partition coefficient (Wildman–Crippen LogP) is 6.35. The molecule has 5 heteroatoms. The summed E-state index contributed by atoms with van der Waals surface area (Å²) in [5.74, 6) is 1.86. The summed E-state index contributed by atoms with van der Waals surface area (Å²) in [6.45, 7) is 3.99. The summed E-state index contributed by atoms with van der Waals surface area (Å²) in [6, 6.07) is 22.3. The van der Waals surface area contributed by atoms with Gasteiger partial charge in [-0.1, -0.05) is 24.3 Å². The maximum atomic E-state index is 9.73. The number of methoxy groups -OCH3 is 1. The van der Waals surface area contributed by atoms with Crippen molar-refractivity contribution in [2.75, 3.05) is 33.4 Å². The van der Waals surface area contributed by atoms with E-state index in [1.165, 1.54) is 52.0 Å². The Morgan fingerprint density at radius 3 is 2.52 bits per heavy atom. The fourth-order valence-corrected chi connectivity index (χ4v) is 5.78. The van der Waals surface area contributed by atoms with Gasteiger partial charge in [0.25, 0.3) is 0 Å². The van der Waals surface area contributed by atoms with Crippen molar-refractivity contribution < 1.29 is 14.6 Å². The molecule has 1 saturated heterocycles. The maximum absolute atomic E-state index is 9.73. The Morgan fingerprint density at radius 2 is 1.73 bits per heavy atom. The number of aromatic hydroxyl groups is 1. The lowest BCUT2D eigenvalue weighted by atomic mass is 9.98. The number of benzene rings is 3. The Kier molecular flexibility index (Phi) is 6.51. The van der Waals surface area contributed by atoms with E-state index in [2.05, 4.69) is 41.3 Å². The van der Waals surface area contributed by atoms with Gasteiger partial charge in [0, 0.05) is 16.1 Å². The smallest absolute Gasteiger partial charge is 0.161 e. The van der Waals surface area contributed by atoms with Crippen LogP contribution in [0.25, 0.3) is 20.5 Å². The van der Waals surface area contributed by atoms with E-state index in [1.807, 2.05) is 18.2 Å². The highest BCUT2D eigenvalue weighted by molar-refractivity contribution is 7.22. The van der Waals surface area contributed by atoms with Crippen LogP contribution in [0.1, 0.15) is 24.0 Å². The third-order valence-corrected chi connectivity index (χ3v) is 7.56. The van der Waals surface area contributed by atoms with Gasteiger partial charge in [0.1, 0.15) is 12.4 Å². The van der Waals surface area contributed by atoms with Crippen LogP contribution in [0.15, 0.2) is 66.7 Å². The van der Waals surface area contributed by atoms with Crippen molar-refractivity contribution in [3.8, 4) is 27.7 Å². The zero-order valence-corrected chi connectivity index (χ0v) is 19.7. The second-order valence-electron chi connectivity index (χ2n) is 8.51. The van der Waals surface area contributed by atoms with E-state index >= 15 is 0 Å². The SMILES string of the molecule is COc1cc(Cc2c(-c3ccc(O)cc3)sc3ccccc23)ccc1OCCN1CCCC1. The highest BCUT2D eigenvalue weighted by atomic mass is 32.1. The van der Waals surface area contributed by atoms with E-state index in [1.54, 1.807) is 30.6 Å². The summed E-state index contributed by atoms with van der Waals surface area (Å²) in [7, 11) is 1.70. The first-order valence-electron chi connectivity index (χ1n) is 11.5. The molecule has 4 aromatic rings. The first kappa shape index (κ1) is 21.8. The lowest BCUT2D eigenvalue weighted by Crippen LogP contribution is -2.25. The molecule has 0 atom stereocenters. The summed E-state index contributed by atoms with van der Waals surface area (Å²) in [4.78, 5) is 3.69. The number of nitrogens with zero attached hydrogens (tertiary/aromatic N) is 1. The molecule has 0 unspecified atom stereocenters. The molecule has 1 N–H and O–H groups in total. The van der Waals surface area contributed by atoms with Gasteiger partial charge in [0.15, 0.2) is 11.5 Å². The molecule has 5 rings (SSSR count). The van der Waals surface area contributed by atoms with Gasteiger partial charge in [-0.25, -0.2) is 0 Å².